The SMILES string of the molecule is CC1CCCN(C(=O)CSc2nnc(-c3cccs3)n2C)C1. The van der Waals surface area contributed by atoms with Gasteiger partial charge in [-0.15, -0.1) is 21.5 Å². The lowest BCUT2D eigenvalue weighted by atomic mass is 10.0. The summed E-state index contributed by atoms with van der Waals surface area (Å²) >= 11 is 3.11. The van der Waals surface area contributed by atoms with Crippen LogP contribution in [-0.2, 0) is 11.8 Å². The third-order valence-corrected chi connectivity index (χ3v) is 5.78. The normalized spacial score (nSPS) is 18.6. The Balaban J connectivity index is 1.61. The van der Waals surface area contributed by atoms with Crippen LogP contribution in [0.25, 0.3) is 10.7 Å². The van der Waals surface area contributed by atoms with Gasteiger partial charge in [-0.05, 0) is 30.2 Å². The highest BCUT2D eigenvalue weighted by atomic mass is 32.2. The fourth-order valence-corrected chi connectivity index (χ4v) is 4.25. The highest BCUT2D eigenvalue weighted by Crippen LogP contribution is 2.26. The lowest BCUT2D eigenvalue weighted by Crippen LogP contribution is -2.40. The van der Waals surface area contributed by atoms with E-state index in [1.807, 2.05) is 34.0 Å². The zero-order valence-corrected chi connectivity index (χ0v) is 14.5. The molecule has 0 bridgehead atoms. The van der Waals surface area contributed by atoms with Crippen LogP contribution in [0.15, 0.2) is 22.7 Å². The van der Waals surface area contributed by atoms with Crippen LogP contribution in [-0.4, -0.2) is 44.4 Å². The fraction of sp³-hybridized carbons (Fsp3) is 0.533. The number of carbonyl (C=O) groups is 1. The lowest BCUT2D eigenvalue weighted by Gasteiger charge is -2.30. The molecule has 2 aromatic rings. The molecule has 0 radical (unpaired) electrons. The van der Waals surface area contributed by atoms with E-state index in [1.54, 1.807) is 11.3 Å². The first-order chi connectivity index (χ1) is 10.6. The summed E-state index contributed by atoms with van der Waals surface area (Å²) in [6.07, 6.45) is 2.34. The van der Waals surface area contributed by atoms with Crippen LogP contribution in [0, 0.1) is 5.92 Å². The van der Waals surface area contributed by atoms with Gasteiger partial charge in [0.1, 0.15) is 0 Å². The van der Waals surface area contributed by atoms with Gasteiger partial charge in [0.15, 0.2) is 11.0 Å². The van der Waals surface area contributed by atoms with Crippen LogP contribution in [0.4, 0.5) is 0 Å². The Bertz CT molecular complexity index is 638. The van der Waals surface area contributed by atoms with Gasteiger partial charge in [-0.1, -0.05) is 24.8 Å². The van der Waals surface area contributed by atoms with E-state index in [1.165, 1.54) is 18.2 Å². The maximum absolute atomic E-state index is 12.3. The number of thioether (sulfide) groups is 1. The highest BCUT2D eigenvalue weighted by molar-refractivity contribution is 7.99. The van der Waals surface area contributed by atoms with Crippen LogP contribution in [0.2, 0.25) is 0 Å². The van der Waals surface area contributed by atoms with Crippen molar-refractivity contribution in [2.75, 3.05) is 18.8 Å². The Morgan fingerprint density at radius 2 is 2.36 bits per heavy atom. The Hall–Kier alpha value is -1.34. The second-order valence-electron chi connectivity index (χ2n) is 5.72. The average molecular weight is 336 g/mol. The highest BCUT2D eigenvalue weighted by Gasteiger charge is 2.21. The van der Waals surface area contributed by atoms with Crippen molar-refractivity contribution >= 4 is 29.0 Å². The van der Waals surface area contributed by atoms with Gasteiger partial charge in [0, 0.05) is 20.1 Å². The summed E-state index contributed by atoms with van der Waals surface area (Å²) in [5.74, 6) is 2.11. The zero-order chi connectivity index (χ0) is 15.5. The second-order valence-corrected chi connectivity index (χ2v) is 7.61. The van der Waals surface area contributed by atoms with Crippen molar-refractivity contribution in [2.45, 2.75) is 24.9 Å². The van der Waals surface area contributed by atoms with E-state index in [2.05, 4.69) is 17.1 Å². The number of piperidine rings is 1. The van der Waals surface area contributed by atoms with E-state index in [0.717, 1.165) is 35.4 Å². The third kappa shape index (κ3) is 3.35. The number of amides is 1. The molecule has 0 spiro atoms. The molecule has 0 aromatic carbocycles. The minimum absolute atomic E-state index is 0.206. The molecular weight excluding hydrogens is 316 g/mol. The molecule has 1 saturated heterocycles. The molecule has 22 heavy (non-hydrogen) atoms. The van der Waals surface area contributed by atoms with Gasteiger partial charge in [0.2, 0.25) is 5.91 Å². The third-order valence-electron chi connectivity index (χ3n) is 3.91. The molecule has 1 atom stereocenters. The van der Waals surface area contributed by atoms with Crippen molar-refractivity contribution in [3.8, 4) is 10.7 Å². The number of hydrogen-bond donors (Lipinski definition) is 0. The van der Waals surface area contributed by atoms with Gasteiger partial charge < -0.3 is 9.47 Å². The van der Waals surface area contributed by atoms with Crippen molar-refractivity contribution in [3.05, 3.63) is 17.5 Å². The van der Waals surface area contributed by atoms with Gasteiger partial charge in [-0.2, -0.15) is 0 Å². The van der Waals surface area contributed by atoms with Gasteiger partial charge in [0.05, 0.1) is 10.6 Å². The fourth-order valence-electron chi connectivity index (χ4n) is 2.69. The molecule has 0 saturated carbocycles. The Labute approximate surface area is 138 Å². The first kappa shape index (κ1) is 15.6. The van der Waals surface area contributed by atoms with E-state index in [0.29, 0.717) is 11.7 Å². The lowest BCUT2D eigenvalue weighted by molar-refractivity contribution is -0.130. The molecule has 7 heteroatoms. The van der Waals surface area contributed by atoms with Crippen LogP contribution < -0.4 is 0 Å². The monoisotopic (exact) mass is 336 g/mol. The molecule has 3 rings (SSSR count). The molecule has 0 aliphatic carbocycles. The van der Waals surface area contributed by atoms with Crippen molar-refractivity contribution in [3.63, 3.8) is 0 Å². The summed E-state index contributed by atoms with van der Waals surface area (Å²) in [7, 11) is 1.95. The number of nitrogens with zero attached hydrogens (tertiary/aromatic N) is 4. The summed E-state index contributed by atoms with van der Waals surface area (Å²) in [6, 6.07) is 4.03. The van der Waals surface area contributed by atoms with E-state index in [-0.39, 0.29) is 5.91 Å². The molecule has 1 fully saturated rings. The smallest absolute Gasteiger partial charge is 0.233 e. The maximum Gasteiger partial charge on any atom is 0.233 e. The van der Waals surface area contributed by atoms with Gasteiger partial charge in [-0.3, -0.25) is 4.79 Å². The number of hydrogen-bond acceptors (Lipinski definition) is 5. The minimum atomic E-state index is 0.206. The van der Waals surface area contributed by atoms with Gasteiger partial charge in [-0.25, -0.2) is 0 Å². The van der Waals surface area contributed by atoms with Gasteiger partial charge in [0.25, 0.3) is 0 Å². The summed E-state index contributed by atoms with van der Waals surface area (Å²) in [4.78, 5) is 15.4. The Morgan fingerprint density at radius 3 is 3.09 bits per heavy atom. The molecule has 1 aliphatic rings. The van der Waals surface area contributed by atoms with Crippen LogP contribution in [0.3, 0.4) is 0 Å². The molecule has 1 aliphatic heterocycles. The molecule has 1 amide bonds. The predicted octanol–water partition coefficient (Wildman–Crippen LogP) is 2.89. The Morgan fingerprint density at radius 1 is 1.50 bits per heavy atom. The number of likely N-dealkylation sites (tertiary alicyclic amines) is 1. The van der Waals surface area contributed by atoms with Crippen molar-refractivity contribution in [1.82, 2.24) is 19.7 Å². The van der Waals surface area contributed by atoms with Crippen molar-refractivity contribution in [2.24, 2.45) is 13.0 Å². The van der Waals surface area contributed by atoms with E-state index in [9.17, 15) is 4.79 Å². The second kappa shape index (κ2) is 6.83. The number of thiophene rings is 1. The largest absolute Gasteiger partial charge is 0.342 e. The molecule has 2 aromatic heterocycles. The molecule has 118 valence electrons. The summed E-state index contributed by atoms with van der Waals surface area (Å²) in [5, 5.41) is 11.3. The van der Waals surface area contributed by atoms with Gasteiger partial charge >= 0.3 is 0 Å². The Kier molecular flexibility index (Phi) is 4.83. The van der Waals surface area contributed by atoms with Crippen molar-refractivity contribution < 1.29 is 4.79 Å². The maximum atomic E-state index is 12.3. The first-order valence-electron chi connectivity index (χ1n) is 7.49. The number of aromatic nitrogens is 3. The standard InChI is InChI=1S/C15H20N4OS2/c1-11-5-3-7-19(9-11)13(20)10-22-15-17-16-14(18(15)2)12-6-4-8-21-12/h4,6,8,11H,3,5,7,9-10H2,1-2H3. The first-order valence-corrected chi connectivity index (χ1v) is 9.35. The zero-order valence-electron chi connectivity index (χ0n) is 12.9. The van der Waals surface area contributed by atoms with Crippen LogP contribution in [0.5, 0.6) is 0 Å². The number of rotatable bonds is 4. The minimum Gasteiger partial charge on any atom is -0.342 e. The molecule has 5 nitrogen and oxygen atoms in total. The van der Waals surface area contributed by atoms with Crippen molar-refractivity contribution in [1.29, 1.82) is 0 Å². The quantitative estimate of drug-likeness (QED) is 0.806. The molecule has 1 unspecified atom stereocenters. The van der Waals surface area contributed by atoms with E-state index < -0.39 is 0 Å². The average Bonchev–Trinajstić information content (AvgIpc) is 3.14. The topological polar surface area (TPSA) is 51.0 Å². The molecule has 0 N–H and O–H groups in total. The summed E-state index contributed by atoms with van der Waals surface area (Å²) in [5.41, 5.74) is 0. The molecular formula is C15H20N4OS2. The molecule has 3 heterocycles. The summed E-state index contributed by atoms with van der Waals surface area (Å²) < 4.78 is 1.96. The predicted molar refractivity (Wildman–Crippen MR) is 90.0 cm³/mol. The number of carbonyl (C=O) groups excluding carboxylic acids is 1. The van der Waals surface area contributed by atoms with E-state index >= 15 is 0 Å². The van der Waals surface area contributed by atoms with Crippen LogP contribution in [0.1, 0.15) is 19.8 Å². The van der Waals surface area contributed by atoms with E-state index in [4.69, 9.17) is 0 Å². The van der Waals surface area contributed by atoms with Crippen LogP contribution >= 0.6 is 23.1 Å². The summed E-state index contributed by atoms with van der Waals surface area (Å²) in [6.45, 7) is 3.99.